The summed E-state index contributed by atoms with van der Waals surface area (Å²) in [5.74, 6) is -0.723. The lowest BCUT2D eigenvalue weighted by atomic mass is 10.2. The maximum atomic E-state index is 12.7. The van der Waals surface area contributed by atoms with E-state index in [0.717, 1.165) is 18.9 Å². The molecule has 1 atom stereocenters. The number of hydrogen-bond donors (Lipinski definition) is 1. The number of anilines is 1. The maximum Gasteiger partial charge on any atom is 0.312 e. The molecule has 30 heavy (non-hydrogen) atoms. The predicted octanol–water partition coefficient (Wildman–Crippen LogP) is 3.44. The van der Waals surface area contributed by atoms with Crippen LogP contribution in [0.3, 0.4) is 0 Å². The third-order valence-electron chi connectivity index (χ3n) is 4.61. The SMILES string of the molecule is CC(Oc1ccc(S(=O)(=O)N2CCCC2)cc1[N+](=O)[O-])C(=O)Nc1ccc(Cl)cc1. The van der Waals surface area contributed by atoms with Gasteiger partial charge in [-0.15, -0.1) is 0 Å². The number of nitro benzene ring substituents is 1. The summed E-state index contributed by atoms with van der Waals surface area (Å²) in [6.07, 6.45) is 0.436. The molecule has 1 heterocycles. The van der Waals surface area contributed by atoms with Crippen molar-refractivity contribution in [1.29, 1.82) is 0 Å². The lowest BCUT2D eigenvalue weighted by molar-refractivity contribution is -0.386. The topological polar surface area (TPSA) is 119 Å². The first-order valence-electron chi connectivity index (χ1n) is 9.20. The number of carbonyl (C=O) groups excluding carboxylic acids is 1. The highest BCUT2D eigenvalue weighted by Crippen LogP contribution is 2.32. The quantitative estimate of drug-likeness (QED) is 0.506. The first kappa shape index (κ1) is 22.0. The van der Waals surface area contributed by atoms with Gasteiger partial charge in [0.2, 0.25) is 10.0 Å². The number of nitrogens with zero attached hydrogens (tertiary/aromatic N) is 2. The van der Waals surface area contributed by atoms with E-state index in [4.69, 9.17) is 16.3 Å². The molecule has 1 unspecified atom stereocenters. The number of hydrogen-bond acceptors (Lipinski definition) is 6. The Bertz CT molecular complexity index is 1050. The zero-order valence-corrected chi connectivity index (χ0v) is 17.6. The van der Waals surface area contributed by atoms with E-state index in [-0.39, 0.29) is 10.6 Å². The Morgan fingerprint density at radius 3 is 2.43 bits per heavy atom. The Kier molecular flexibility index (Phi) is 6.59. The molecule has 0 aromatic heterocycles. The number of halogens is 1. The van der Waals surface area contributed by atoms with Crippen molar-refractivity contribution in [2.45, 2.75) is 30.8 Å². The van der Waals surface area contributed by atoms with Gasteiger partial charge in [-0.1, -0.05) is 11.6 Å². The van der Waals surface area contributed by atoms with Crippen molar-refractivity contribution >= 4 is 38.9 Å². The van der Waals surface area contributed by atoms with Crippen molar-refractivity contribution in [3.63, 3.8) is 0 Å². The molecule has 1 N–H and O–H groups in total. The van der Waals surface area contributed by atoms with Gasteiger partial charge in [0.05, 0.1) is 9.82 Å². The molecule has 0 radical (unpaired) electrons. The van der Waals surface area contributed by atoms with Crippen LogP contribution in [-0.4, -0.2) is 42.7 Å². The molecule has 0 saturated carbocycles. The van der Waals surface area contributed by atoms with Gasteiger partial charge in [-0.3, -0.25) is 14.9 Å². The van der Waals surface area contributed by atoms with E-state index in [9.17, 15) is 23.3 Å². The summed E-state index contributed by atoms with van der Waals surface area (Å²) in [5, 5.41) is 14.6. The lowest BCUT2D eigenvalue weighted by Gasteiger charge is -2.17. The minimum Gasteiger partial charge on any atom is -0.474 e. The van der Waals surface area contributed by atoms with Crippen molar-refractivity contribution in [2.75, 3.05) is 18.4 Å². The number of amides is 1. The second-order valence-corrected chi connectivity index (χ2v) is 9.13. The van der Waals surface area contributed by atoms with E-state index in [1.807, 2.05) is 0 Å². The van der Waals surface area contributed by atoms with E-state index >= 15 is 0 Å². The predicted molar refractivity (Wildman–Crippen MR) is 111 cm³/mol. The molecule has 1 aliphatic rings. The molecule has 0 aliphatic carbocycles. The van der Waals surface area contributed by atoms with Crippen molar-refractivity contribution in [1.82, 2.24) is 4.31 Å². The Labute approximate surface area is 178 Å². The van der Waals surface area contributed by atoms with Gasteiger partial charge in [0, 0.05) is 29.9 Å². The fraction of sp³-hybridized carbons (Fsp3) is 0.316. The van der Waals surface area contributed by atoms with Crippen molar-refractivity contribution in [2.24, 2.45) is 0 Å². The minimum absolute atomic E-state index is 0.179. The van der Waals surface area contributed by atoms with E-state index in [0.29, 0.717) is 23.8 Å². The van der Waals surface area contributed by atoms with Crippen LogP contribution in [0.2, 0.25) is 5.02 Å². The second-order valence-electron chi connectivity index (χ2n) is 6.75. The first-order valence-corrected chi connectivity index (χ1v) is 11.0. The smallest absolute Gasteiger partial charge is 0.312 e. The van der Waals surface area contributed by atoms with Gasteiger partial charge in [-0.25, -0.2) is 8.42 Å². The van der Waals surface area contributed by atoms with Crippen LogP contribution in [0.5, 0.6) is 5.75 Å². The monoisotopic (exact) mass is 453 g/mol. The molecule has 1 saturated heterocycles. The molecular weight excluding hydrogens is 434 g/mol. The van der Waals surface area contributed by atoms with Crippen LogP contribution >= 0.6 is 11.6 Å². The first-order chi connectivity index (χ1) is 14.2. The third kappa shape index (κ3) is 4.89. The van der Waals surface area contributed by atoms with Crippen LogP contribution in [0.1, 0.15) is 19.8 Å². The Hall–Kier alpha value is -2.69. The molecule has 1 amide bonds. The molecule has 0 spiro atoms. The van der Waals surface area contributed by atoms with Crippen molar-refractivity contribution in [3.05, 3.63) is 57.6 Å². The average Bonchev–Trinajstić information content (AvgIpc) is 3.25. The van der Waals surface area contributed by atoms with Gasteiger partial charge in [0.1, 0.15) is 0 Å². The number of ether oxygens (including phenoxy) is 1. The number of benzene rings is 2. The van der Waals surface area contributed by atoms with E-state index in [1.54, 1.807) is 24.3 Å². The van der Waals surface area contributed by atoms with Crippen molar-refractivity contribution in [3.8, 4) is 5.75 Å². The second kappa shape index (κ2) is 8.99. The van der Waals surface area contributed by atoms with E-state index in [1.165, 1.54) is 23.4 Å². The standard InChI is InChI=1S/C19H20ClN3O6S/c1-13(19(24)21-15-6-4-14(20)5-7-15)29-18-9-8-16(12-17(18)23(25)26)30(27,28)22-10-2-3-11-22/h4-9,12-13H,2-3,10-11H2,1H3,(H,21,24). The van der Waals surface area contributed by atoms with Crippen LogP contribution in [0.15, 0.2) is 47.4 Å². The number of sulfonamides is 1. The summed E-state index contributed by atoms with van der Waals surface area (Å²) in [6.45, 7) is 2.20. The lowest BCUT2D eigenvalue weighted by Crippen LogP contribution is -2.30. The van der Waals surface area contributed by atoms with Crippen LogP contribution in [-0.2, 0) is 14.8 Å². The van der Waals surface area contributed by atoms with Gasteiger partial charge in [0.15, 0.2) is 11.9 Å². The van der Waals surface area contributed by atoms with E-state index in [2.05, 4.69) is 5.32 Å². The molecule has 2 aromatic rings. The highest BCUT2D eigenvalue weighted by molar-refractivity contribution is 7.89. The van der Waals surface area contributed by atoms with Gasteiger partial charge < -0.3 is 10.1 Å². The molecule has 3 rings (SSSR count). The molecular formula is C19H20ClN3O6S. The number of nitro groups is 1. The number of nitrogens with one attached hydrogen (secondary N) is 1. The Morgan fingerprint density at radius 1 is 1.20 bits per heavy atom. The summed E-state index contributed by atoms with van der Waals surface area (Å²) in [5.41, 5.74) is -0.0391. The summed E-state index contributed by atoms with van der Waals surface area (Å²) in [4.78, 5) is 22.9. The van der Waals surface area contributed by atoms with Crippen LogP contribution in [0.25, 0.3) is 0 Å². The number of carbonyl (C=O) groups is 1. The van der Waals surface area contributed by atoms with E-state index < -0.39 is 32.6 Å². The summed E-state index contributed by atoms with van der Waals surface area (Å²) >= 11 is 5.80. The summed E-state index contributed by atoms with van der Waals surface area (Å²) < 4.78 is 32.1. The number of rotatable bonds is 7. The Balaban J connectivity index is 1.78. The zero-order valence-electron chi connectivity index (χ0n) is 16.1. The maximum absolute atomic E-state index is 12.7. The normalized spacial score (nSPS) is 15.5. The van der Waals surface area contributed by atoms with Crippen LogP contribution in [0, 0.1) is 10.1 Å². The van der Waals surface area contributed by atoms with Gasteiger partial charge >= 0.3 is 5.69 Å². The van der Waals surface area contributed by atoms with Crippen LogP contribution in [0.4, 0.5) is 11.4 Å². The molecule has 2 aromatic carbocycles. The van der Waals surface area contributed by atoms with Gasteiger partial charge in [0.25, 0.3) is 5.91 Å². The average molecular weight is 454 g/mol. The summed E-state index contributed by atoms with van der Waals surface area (Å²) in [6, 6.07) is 9.83. The molecule has 0 bridgehead atoms. The molecule has 9 nitrogen and oxygen atoms in total. The Morgan fingerprint density at radius 2 is 1.83 bits per heavy atom. The highest BCUT2D eigenvalue weighted by atomic mass is 35.5. The third-order valence-corrected chi connectivity index (χ3v) is 6.76. The molecule has 1 aliphatic heterocycles. The molecule has 1 fully saturated rings. The molecule has 11 heteroatoms. The fourth-order valence-electron chi connectivity index (χ4n) is 3.00. The van der Waals surface area contributed by atoms with Gasteiger partial charge in [-0.05, 0) is 56.2 Å². The molecule has 160 valence electrons. The zero-order chi connectivity index (χ0) is 21.9. The van der Waals surface area contributed by atoms with Gasteiger partial charge in [-0.2, -0.15) is 4.31 Å². The largest absolute Gasteiger partial charge is 0.474 e. The fourth-order valence-corrected chi connectivity index (χ4v) is 4.66. The van der Waals surface area contributed by atoms with Crippen LogP contribution < -0.4 is 10.1 Å². The van der Waals surface area contributed by atoms with Crippen molar-refractivity contribution < 1.29 is 22.9 Å². The minimum atomic E-state index is -3.82. The highest BCUT2D eigenvalue weighted by Gasteiger charge is 2.30. The summed E-state index contributed by atoms with van der Waals surface area (Å²) in [7, 11) is -3.82.